The summed E-state index contributed by atoms with van der Waals surface area (Å²) in [5.74, 6) is -2.00. The van der Waals surface area contributed by atoms with E-state index in [4.69, 9.17) is 9.47 Å². The highest BCUT2D eigenvalue weighted by molar-refractivity contribution is 5.96. The smallest absolute Gasteiger partial charge is 0.323 e. The summed E-state index contributed by atoms with van der Waals surface area (Å²) in [6.07, 6.45) is 11.5. The van der Waals surface area contributed by atoms with E-state index in [9.17, 15) is 9.59 Å². The molecular weight excluding hydrogens is 280 g/mol. The standard InChI is InChI=1S/C18H28O4/c1-2-15-16(19)21-18(22-17(15)20,13-9-5-3-6-10-13)14-11-7-4-8-12-14/h13-15H,2-12H2,1H3. The second-order valence-electron chi connectivity index (χ2n) is 7.19. The van der Waals surface area contributed by atoms with Gasteiger partial charge in [0.25, 0.3) is 5.79 Å². The van der Waals surface area contributed by atoms with Crippen molar-refractivity contribution in [3.05, 3.63) is 0 Å². The minimum atomic E-state index is -0.958. The van der Waals surface area contributed by atoms with Gasteiger partial charge in [0, 0.05) is 11.8 Å². The fourth-order valence-corrected chi connectivity index (χ4v) is 4.58. The molecule has 0 aromatic heterocycles. The zero-order chi connectivity index (χ0) is 15.6. The Balaban J connectivity index is 1.88. The van der Waals surface area contributed by atoms with Crippen LogP contribution in [0.4, 0.5) is 0 Å². The van der Waals surface area contributed by atoms with Crippen molar-refractivity contribution in [3.8, 4) is 0 Å². The molecule has 3 rings (SSSR count). The average molecular weight is 308 g/mol. The minimum Gasteiger partial charge on any atom is -0.421 e. The summed E-state index contributed by atoms with van der Waals surface area (Å²) in [4.78, 5) is 24.8. The van der Waals surface area contributed by atoms with Crippen molar-refractivity contribution in [1.29, 1.82) is 0 Å². The third-order valence-corrected chi connectivity index (χ3v) is 5.85. The molecule has 0 aromatic rings. The first-order valence-corrected chi connectivity index (χ1v) is 9.13. The number of ether oxygens (including phenoxy) is 2. The Bertz CT molecular complexity index is 381. The number of hydrogen-bond donors (Lipinski definition) is 0. The maximum Gasteiger partial charge on any atom is 0.323 e. The minimum absolute atomic E-state index is 0.190. The molecule has 2 aliphatic carbocycles. The van der Waals surface area contributed by atoms with Crippen LogP contribution in [0.5, 0.6) is 0 Å². The Morgan fingerprint density at radius 3 is 1.59 bits per heavy atom. The van der Waals surface area contributed by atoms with E-state index in [1.165, 1.54) is 12.8 Å². The molecule has 1 heterocycles. The van der Waals surface area contributed by atoms with E-state index in [1.807, 2.05) is 6.92 Å². The van der Waals surface area contributed by atoms with E-state index in [0.29, 0.717) is 6.42 Å². The van der Waals surface area contributed by atoms with Crippen molar-refractivity contribution in [2.45, 2.75) is 83.3 Å². The highest BCUT2D eigenvalue weighted by Gasteiger charge is 2.57. The van der Waals surface area contributed by atoms with Gasteiger partial charge >= 0.3 is 11.9 Å². The zero-order valence-electron chi connectivity index (χ0n) is 13.6. The molecule has 0 N–H and O–H groups in total. The van der Waals surface area contributed by atoms with E-state index in [2.05, 4.69) is 0 Å². The van der Waals surface area contributed by atoms with Gasteiger partial charge in [-0.15, -0.1) is 0 Å². The van der Waals surface area contributed by atoms with Crippen LogP contribution < -0.4 is 0 Å². The van der Waals surface area contributed by atoms with E-state index >= 15 is 0 Å². The molecule has 1 aliphatic heterocycles. The molecule has 124 valence electrons. The second-order valence-corrected chi connectivity index (χ2v) is 7.19. The van der Waals surface area contributed by atoms with Gasteiger partial charge in [-0.2, -0.15) is 0 Å². The molecule has 0 amide bonds. The molecule has 3 aliphatic rings. The summed E-state index contributed by atoms with van der Waals surface area (Å²) in [5, 5.41) is 0. The lowest BCUT2D eigenvalue weighted by molar-refractivity contribution is -0.296. The van der Waals surface area contributed by atoms with Crippen molar-refractivity contribution in [2.24, 2.45) is 17.8 Å². The number of cyclic esters (lactones) is 2. The lowest BCUT2D eigenvalue weighted by atomic mass is 9.72. The molecule has 1 saturated heterocycles. The van der Waals surface area contributed by atoms with Gasteiger partial charge in [-0.05, 0) is 32.1 Å². The van der Waals surface area contributed by atoms with Crippen LogP contribution in [0.15, 0.2) is 0 Å². The van der Waals surface area contributed by atoms with Crippen LogP contribution in [0.3, 0.4) is 0 Å². The maximum absolute atomic E-state index is 12.4. The predicted molar refractivity (Wildman–Crippen MR) is 81.8 cm³/mol. The first kappa shape index (κ1) is 15.8. The molecule has 22 heavy (non-hydrogen) atoms. The van der Waals surface area contributed by atoms with E-state index in [-0.39, 0.29) is 23.8 Å². The fourth-order valence-electron chi connectivity index (χ4n) is 4.58. The summed E-state index contributed by atoms with van der Waals surface area (Å²) < 4.78 is 11.9. The van der Waals surface area contributed by atoms with Crippen LogP contribution in [-0.2, 0) is 19.1 Å². The lowest BCUT2D eigenvalue weighted by Gasteiger charge is -2.49. The quantitative estimate of drug-likeness (QED) is 0.585. The Kier molecular flexibility index (Phi) is 4.74. The van der Waals surface area contributed by atoms with Crippen LogP contribution in [0.25, 0.3) is 0 Å². The van der Waals surface area contributed by atoms with Gasteiger partial charge in [-0.1, -0.05) is 45.4 Å². The van der Waals surface area contributed by atoms with Crippen molar-refractivity contribution < 1.29 is 19.1 Å². The van der Waals surface area contributed by atoms with Gasteiger partial charge in [-0.3, -0.25) is 9.59 Å². The average Bonchev–Trinajstić information content (AvgIpc) is 2.56. The number of carbonyl (C=O) groups excluding carboxylic acids is 2. The molecule has 0 bridgehead atoms. The number of carbonyl (C=O) groups is 2. The van der Waals surface area contributed by atoms with Gasteiger partial charge in [-0.25, -0.2) is 0 Å². The molecule has 0 unspecified atom stereocenters. The summed E-state index contributed by atoms with van der Waals surface area (Å²) in [6, 6.07) is 0. The van der Waals surface area contributed by atoms with Crippen LogP contribution >= 0.6 is 0 Å². The summed E-state index contributed by atoms with van der Waals surface area (Å²) in [5.41, 5.74) is 0. The molecule has 0 atom stereocenters. The Morgan fingerprint density at radius 1 is 0.818 bits per heavy atom. The molecule has 0 aromatic carbocycles. The highest BCUT2D eigenvalue weighted by Crippen LogP contribution is 2.48. The van der Waals surface area contributed by atoms with Crippen molar-refractivity contribution >= 4 is 11.9 Å². The van der Waals surface area contributed by atoms with Crippen LogP contribution in [0.2, 0.25) is 0 Å². The number of esters is 2. The molecule has 4 heteroatoms. The molecule has 3 fully saturated rings. The fraction of sp³-hybridized carbons (Fsp3) is 0.889. The van der Waals surface area contributed by atoms with Gasteiger partial charge in [0.05, 0.1) is 0 Å². The molecule has 0 radical (unpaired) electrons. The highest BCUT2D eigenvalue weighted by atomic mass is 16.7. The third-order valence-electron chi connectivity index (χ3n) is 5.85. The summed E-state index contributed by atoms with van der Waals surface area (Å²) in [7, 11) is 0. The SMILES string of the molecule is CCC1C(=O)OC(C2CCCCC2)(C2CCCCC2)OC1=O. The van der Waals surface area contributed by atoms with Crippen LogP contribution in [0, 0.1) is 17.8 Å². The normalized spacial score (nSPS) is 28.2. The third kappa shape index (κ3) is 2.77. The molecular formula is C18H28O4. The zero-order valence-corrected chi connectivity index (χ0v) is 13.6. The van der Waals surface area contributed by atoms with E-state index in [1.54, 1.807) is 0 Å². The summed E-state index contributed by atoms with van der Waals surface area (Å²) in [6.45, 7) is 1.83. The van der Waals surface area contributed by atoms with Crippen molar-refractivity contribution in [3.63, 3.8) is 0 Å². The number of hydrogen-bond acceptors (Lipinski definition) is 4. The van der Waals surface area contributed by atoms with Gasteiger partial charge in [0.1, 0.15) is 0 Å². The van der Waals surface area contributed by atoms with Gasteiger partial charge in [0.2, 0.25) is 0 Å². The van der Waals surface area contributed by atoms with Crippen molar-refractivity contribution in [1.82, 2.24) is 0 Å². The Hall–Kier alpha value is -1.06. The summed E-state index contributed by atoms with van der Waals surface area (Å²) >= 11 is 0. The van der Waals surface area contributed by atoms with Crippen LogP contribution in [0.1, 0.15) is 77.6 Å². The first-order chi connectivity index (χ1) is 10.7. The van der Waals surface area contributed by atoms with E-state index < -0.39 is 11.7 Å². The number of rotatable bonds is 3. The Labute approximate surface area is 132 Å². The van der Waals surface area contributed by atoms with Crippen molar-refractivity contribution in [2.75, 3.05) is 0 Å². The molecule has 0 spiro atoms. The first-order valence-electron chi connectivity index (χ1n) is 9.13. The second kappa shape index (κ2) is 6.59. The lowest BCUT2D eigenvalue weighted by Crippen LogP contribution is -2.59. The van der Waals surface area contributed by atoms with Gasteiger partial charge < -0.3 is 9.47 Å². The Morgan fingerprint density at radius 2 is 1.23 bits per heavy atom. The maximum atomic E-state index is 12.4. The largest absolute Gasteiger partial charge is 0.421 e. The van der Waals surface area contributed by atoms with E-state index in [0.717, 1.165) is 51.4 Å². The molecule has 2 saturated carbocycles. The topological polar surface area (TPSA) is 52.6 Å². The van der Waals surface area contributed by atoms with Gasteiger partial charge in [0.15, 0.2) is 5.92 Å². The predicted octanol–water partition coefficient (Wildman–Crippen LogP) is 3.97. The monoisotopic (exact) mass is 308 g/mol. The van der Waals surface area contributed by atoms with Crippen LogP contribution in [-0.4, -0.2) is 17.7 Å². The molecule has 4 nitrogen and oxygen atoms in total.